The fourth-order valence-electron chi connectivity index (χ4n) is 2.40. The van der Waals surface area contributed by atoms with Gasteiger partial charge in [-0.2, -0.15) is 0 Å². The Morgan fingerprint density at radius 1 is 1.24 bits per heavy atom. The van der Waals surface area contributed by atoms with Crippen LogP contribution in [0, 0.1) is 5.92 Å². The summed E-state index contributed by atoms with van der Waals surface area (Å²) in [5.41, 5.74) is 2.79. The SMILES string of the molecule is CC1CNCCN(c2ccc(C(C)C)cc2)C1. The highest BCUT2D eigenvalue weighted by molar-refractivity contribution is 5.48. The molecule has 0 spiro atoms. The molecule has 1 saturated heterocycles. The van der Waals surface area contributed by atoms with E-state index in [4.69, 9.17) is 0 Å². The Balaban J connectivity index is 2.10. The first kappa shape index (κ1) is 12.4. The molecule has 1 fully saturated rings. The Labute approximate surface area is 105 Å². The standard InChI is InChI=1S/C15H24N2/c1-12(2)14-4-6-15(7-5-14)17-9-8-16-10-13(3)11-17/h4-7,12-13,16H,8-11H2,1-3H3. The maximum absolute atomic E-state index is 3.48. The summed E-state index contributed by atoms with van der Waals surface area (Å²) in [6, 6.07) is 9.08. The van der Waals surface area contributed by atoms with E-state index in [9.17, 15) is 0 Å². The molecular weight excluding hydrogens is 208 g/mol. The highest BCUT2D eigenvalue weighted by Crippen LogP contribution is 2.21. The lowest BCUT2D eigenvalue weighted by atomic mass is 10.0. The number of benzene rings is 1. The summed E-state index contributed by atoms with van der Waals surface area (Å²) in [5, 5.41) is 3.48. The van der Waals surface area contributed by atoms with Gasteiger partial charge in [-0.05, 0) is 36.1 Å². The molecule has 0 radical (unpaired) electrons. The lowest BCUT2D eigenvalue weighted by molar-refractivity contribution is 0.564. The van der Waals surface area contributed by atoms with Crippen molar-refractivity contribution in [2.75, 3.05) is 31.1 Å². The third kappa shape index (κ3) is 3.22. The first-order valence-electron chi connectivity index (χ1n) is 6.72. The van der Waals surface area contributed by atoms with Crippen LogP contribution in [0.3, 0.4) is 0 Å². The summed E-state index contributed by atoms with van der Waals surface area (Å²) >= 11 is 0. The zero-order valence-corrected chi connectivity index (χ0v) is 11.2. The van der Waals surface area contributed by atoms with E-state index >= 15 is 0 Å². The summed E-state index contributed by atoms with van der Waals surface area (Å²) in [4.78, 5) is 2.49. The largest absolute Gasteiger partial charge is 0.370 e. The average Bonchev–Trinajstić information content (AvgIpc) is 2.54. The zero-order valence-electron chi connectivity index (χ0n) is 11.2. The maximum Gasteiger partial charge on any atom is 0.0366 e. The predicted octanol–water partition coefficient (Wildman–Crippen LogP) is 2.86. The van der Waals surface area contributed by atoms with E-state index in [0.717, 1.165) is 32.1 Å². The number of rotatable bonds is 2. The third-order valence-corrected chi connectivity index (χ3v) is 3.51. The van der Waals surface area contributed by atoms with Gasteiger partial charge in [0, 0.05) is 25.3 Å². The summed E-state index contributed by atoms with van der Waals surface area (Å²) < 4.78 is 0. The fraction of sp³-hybridized carbons (Fsp3) is 0.600. The van der Waals surface area contributed by atoms with Gasteiger partial charge in [-0.3, -0.25) is 0 Å². The van der Waals surface area contributed by atoms with Crippen molar-refractivity contribution < 1.29 is 0 Å². The number of anilines is 1. The van der Waals surface area contributed by atoms with Crippen LogP contribution in [0.1, 0.15) is 32.3 Å². The van der Waals surface area contributed by atoms with Crippen molar-refractivity contribution in [3.05, 3.63) is 29.8 Å². The fourth-order valence-corrected chi connectivity index (χ4v) is 2.40. The van der Waals surface area contributed by atoms with Crippen LogP contribution in [0.2, 0.25) is 0 Å². The van der Waals surface area contributed by atoms with Crippen LogP contribution in [0.15, 0.2) is 24.3 Å². The molecule has 0 aliphatic carbocycles. The maximum atomic E-state index is 3.48. The average molecular weight is 232 g/mol. The normalized spacial score (nSPS) is 21.6. The minimum atomic E-state index is 0.619. The third-order valence-electron chi connectivity index (χ3n) is 3.51. The smallest absolute Gasteiger partial charge is 0.0366 e. The Kier molecular flexibility index (Phi) is 4.06. The first-order valence-corrected chi connectivity index (χ1v) is 6.72. The monoisotopic (exact) mass is 232 g/mol. The molecule has 1 aromatic carbocycles. The van der Waals surface area contributed by atoms with Crippen molar-refractivity contribution in [2.45, 2.75) is 26.7 Å². The van der Waals surface area contributed by atoms with Crippen LogP contribution in [-0.2, 0) is 0 Å². The molecule has 17 heavy (non-hydrogen) atoms. The van der Waals surface area contributed by atoms with Crippen molar-refractivity contribution >= 4 is 5.69 Å². The molecule has 0 amide bonds. The Hall–Kier alpha value is -1.02. The van der Waals surface area contributed by atoms with Gasteiger partial charge in [-0.1, -0.05) is 32.9 Å². The van der Waals surface area contributed by atoms with Gasteiger partial charge in [0.15, 0.2) is 0 Å². The van der Waals surface area contributed by atoms with Crippen LogP contribution in [0.5, 0.6) is 0 Å². The topological polar surface area (TPSA) is 15.3 Å². The molecule has 1 N–H and O–H groups in total. The van der Waals surface area contributed by atoms with E-state index in [0.29, 0.717) is 5.92 Å². The zero-order chi connectivity index (χ0) is 12.3. The van der Waals surface area contributed by atoms with Crippen LogP contribution in [0.25, 0.3) is 0 Å². The summed E-state index contributed by atoms with van der Waals surface area (Å²) in [7, 11) is 0. The molecule has 1 aromatic rings. The lowest BCUT2D eigenvalue weighted by Gasteiger charge is -2.25. The molecule has 94 valence electrons. The van der Waals surface area contributed by atoms with Crippen LogP contribution < -0.4 is 10.2 Å². The summed E-state index contributed by atoms with van der Waals surface area (Å²) in [6.45, 7) is 11.3. The van der Waals surface area contributed by atoms with Crippen molar-refractivity contribution in [3.63, 3.8) is 0 Å². The minimum absolute atomic E-state index is 0.619. The van der Waals surface area contributed by atoms with Gasteiger partial charge in [-0.25, -0.2) is 0 Å². The molecule has 1 atom stereocenters. The quantitative estimate of drug-likeness (QED) is 0.843. The van der Waals surface area contributed by atoms with Gasteiger partial charge in [0.05, 0.1) is 0 Å². The molecule has 0 aromatic heterocycles. The van der Waals surface area contributed by atoms with E-state index in [-0.39, 0.29) is 0 Å². The second-order valence-corrected chi connectivity index (χ2v) is 5.50. The number of nitrogens with one attached hydrogen (secondary N) is 1. The Morgan fingerprint density at radius 3 is 2.59 bits per heavy atom. The molecule has 1 aliphatic heterocycles. The van der Waals surface area contributed by atoms with E-state index in [1.54, 1.807) is 0 Å². The van der Waals surface area contributed by atoms with E-state index in [2.05, 4.69) is 55.3 Å². The van der Waals surface area contributed by atoms with Gasteiger partial charge in [0.2, 0.25) is 0 Å². The first-order chi connectivity index (χ1) is 8.16. The molecule has 1 heterocycles. The Bertz CT molecular complexity index is 342. The predicted molar refractivity (Wildman–Crippen MR) is 74.8 cm³/mol. The summed E-state index contributed by atoms with van der Waals surface area (Å²) in [5.74, 6) is 1.34. The van der Waals surface area contributed by atoms with Gasteiger partial charge in [-0.15, -0.1) is 0 Å². The van der Waals surface area contributed by atoms with Crippen molar-refractivity contribution in [2.24, 2.45) is 5.92 Å². The van der Waals surface area contributed by atoms with Crippen LogP contribution >= 0.6 is 0 Å². The second kappa shape index (κ2) is 5.54. The van der Waals surface area contributed by atoms with Gasteiger partial charge in [0.25, 0.3) is 0 Å². The van der Waals surface area contributed by atoms with E-state index in [1.165, 1.54) is 11.3 Å². The number of nitrogens with zero attached hydrogens (tertiary/aromatic N) is 1. The molecule has 1 aliphatic rings. The van der Waals surface area contributed by atoms with E-state index in [1.807, 2.05) is 0 Å². The van der Waals surface area contributed by atoms with Crippen molar-refractivity contribution in [1.29, 1.82) is 0 Å². The molecule has 0 saturated carbocycles. The molecule has 1 unspecified atom stereocenters. The number of hydrogen-bond donors (Lipinski definition) is 1. The van der Waals surface area contributed by atoms with Gasteiger partial charge >= 0.3 is 0 Å². The second-order valence-electron chi connectivity index (χ2n) is 5.50. The molecule has 2 nitrogen and oxygen atoms in total. The van der Waals surface area contributed by atoms with Gasteiger partial charge < -0.3 is 10.2 Å². The number of hydrogen-bond acceptors (Lipinski definition) is 2. The van der Waals surface area contributed by atoms with Crippen molar-refractivity contribution in [3.8, 4) is 0 Å². The summed E-state index contributed by atoms with van der Waals surface area (Å²) in [6.07, 6.45) is 0. The highest BCUT2D eigenvalue weighted by atomic mass is 15.2. The Morgan fingerprint density at radius 2 is 1.94 bits per heavy atom. The van der Waals surface area contributed by atoms with Crippen LogP contribution in [-0.4, -0.2) is 26.2 Å². The lowest BCUT2D eigenvalue weighted by Crippen LogP contribution is -2.29. The molecule has 0 bridgehead atoms. The van der Waals surface area contributed by atoms with E-state index < -0.39 is 0 Å². The van der Waals surface area contributed by atoms with Crippen molar-refractivity contribution in [1.82, 2.24) is 5.32 Å². The van der Waals surface area contributed by atoms with Crippen LogP contribution in [0.4, 0.5) is 5.69 Å². The molecular formula is C15H24N2. The minimum Gasteiger partial charge on any atom is -0.370 e. The van der Waals surface area contributed by atoms with Gasteiger partial charge in [0.1, 0.15) is 0 Å². The molecule has 2 heteroatoms. The molecule has 2 rings (SSSR count). The highest BCUT2D eigenvalue weighted by Gasteiger charge is 2.14.